The molecule has 4 nitrogen and oxygen atoms in total. The average Bonchev–Trinajstić information content (AvgIpc) is 2.93. The Balaban J connectivity index is 2.40. The predicted octanol–water partition coefficient (Wildman–Crippen LogP) is 4.10. The van der Waals surface area contributed by atoms with E-state index in [4.69, 9.17) is 21.1 Å². The van der Waals surface area contributed by atoms with E-state index in [1.165, 1.54) is 16.7 Å². The summed E-state index contributed by atoms with van der Waals surface area (Å²) >= 11 is 5.92. The summed E-state index contributed by atoms with van der Waals surface area (Å²) in [6.45, 7) is 8.13. The molecule has 1 heterocycles. The lowest BCUT2D eigenvalue weighted by molar-refractivity contribution is -0.128. The molecule has 0 radical (unpaired) electrons. The molecule has 0 spiro atoms. The van der Waals surface area contributed by atoms with Crippen molar-refractivity contribution in [3.8, 4) is 0 Å². The zero-order valence-corrected chi connectivity index (χ0v) is 16.4. The molecule has 1 saturated heterocycles. The van der Waals surface area contributed by atoms with Crippen molar-refractivity contribution in [1.82, 2.24) is 0 Å². The van der Waals surface area contributed by atoms with Crippen molar-refractivity contribution in [1.29, 1.82) is 0 Å². The molecule has 1 amide bonds. The van der Waals surface area contributed by atoms with Gasteiger partial charge in [0.05, 0.1) is 12.2 Å². The maximum absolute atomic E-state index is 12.6. The summed E-state index contributed by atoms with van der Waals surface area (Å²) in [5.41, 5.74) is 4.66. The van der Waals surface area contributed by atoms with Crippen LogP contribution in [0, 0.1) is 0 Å². The Kier molecular flexibility index (Phi) is 8.20. The van der Waals surface area contributed by atoms with Gasteiger partial charge in [-0.15, -0.1) is 11.6 Å². The topological polar surface area (TPSA) is 38.8 Å². The second-order valence-corrected chi connectivity index (χ2v) is 6.61. The molecule has 0 saturated carbocycles. The number of anilines is 1. The first-order valence-corrected chi connectivity index (χ1v) is 9.92. The molecule has 140 valence electrons. The first-order valence-electron chi connectivity index (χ1n) is 9.38. The van der Waals surface area contributed by atoms with Gasteiger partial charge >= 0.3 is 0 Å². The monoisotopic (exact) mass is 367 g/mol. The van der Waals surface area contributed by atoms with Crippen LogP contribution in [0.4, 0.5) is 5.69 Å². The smallest absolute Gasteiger partial charge is 0.242 e. The van der Waals surface area contributed by atoms with Gasteiger partial charge in [-0.2, -0.15) is 0 Å². The van der Waals surface area contributed by atoms with Crippen molar-refractivity contribution in [2.75, 3.05) is 30.5 Å². The van der Waals surface area contributed by atoms with Crippen LogP contribution in [0.15, 0.2) is 12.1 Å². The number of amides is 1. The summed E-state index contributed by atoms with van der Waals surface area (Å²) in [5.74, 6) is -0.152. The molecular formula is C20H30ClNO3. The SMILES string of the molecule is CCc1cc(CC)c(N(CC2OCCCCO2)C(=O)CCl)c(CC)c1. The van der Waals surface area contributed by atoms with Crippen LogP contribution in [0.25, 0.3) is 0 Å². The Bertz CT molecular complexity index is 543. The van der Waals surface area contributed by atoms with Crippen molar-refractivity contribution in [3.05, 3.63) is 28.8 Å². The number of carbonyl (C=O) groups is 1. The number of hydrogen-bond acceptors (Lipinski definition) is 3. The van der Waals surface area contributed by atoms with Gasteiger partial charge in [0.15, 0.2) is 6.29 Å². The minimum absolute atomic E-state index is 0.0471. The Morgan fingerprint density at radius 2 is 1.64 bits per heavy atom. The van der Waals surface area contributed by atoms with Crippen molar-refractivity contribution in [2.24, 2.45) is 0 Å². The second kappa shape index (κ2) is 10.1. The number of aryl methyl sites for hydroxylation is 3. The van der Waals surface area contributed by atoms with Gasteiger partial charge in [-0.1, -0.05) is 32.9 Å². The first kappa shape index (κ1) is 20.2. The fourth-order valence-corrected chi connectivity index (χ4v) is 3.39. The minimum atomic E-state index is -0.394. The zero-order valence-electron chi connectivity index (χ0n) is 15.6. The van der Waals surface area contributed by atoms with Crippen LogP contribution < -0.4 is 4.90 Å². The lowest BCUT2D eigenvalue weighted by Gasteiger charge is -2.30. The van der Waals surface area contributed by atoms with E-state index in [1.54, 1.807) is 4.90 Å². The van der Waals surface area contributed by atoms with E-state index in [-0.39, 0.29) is 11.8 Å². The third-order valence-corrected chi connectivity index (χ3v) is 4.89. The largest absolute Gasteiger partial charge is 0.351 e. The van der Waals surface area contributed by atoms with Crippen LogP contribution in [-0.4, -0.2) is 37.8 Å². The standard InChI is InChI=1S/C20H30ClNO3/c1-4-15-11-16(5-2)20(17(6-3)12-15)22(18(23)13-21)14-19-24-9-7-8-10-25-19/h11-12,19H,4-10,13-14H2,1-3H3. The molecule has 1 aromatic rings. The molecule has 2 rings (SSSR count). The lowest BCUT2D eigenvalue weighted by atomic mass is 9.97. The van der Waals surface area contributed by atoms with Gasteiger partial charge in [-0.3, -0.25) is 4.79 Å². The Hall–Kier alpha value is -1.10. The summed E-state index contributed by atoms with van der Waals surface area (Å²) in [5, 5.41) is 0. The van der Waals surface area contributed by atoms with E-state index < -0.39 is 6.29 Å². The summed E-state index contributed by atoms with van der Waals surface area (Å²) in [7, 11) is 0. The van der Waals surface area contributed by atoms with E-state index in [0.717, 1.165) is 37.8 Å². The number of alkyl halides is 1. The molecule has 0 aromatic heterocycles. The normalized spacial score (nSPS) is 15.8. The second-order valence-electron chi connectivity index (χ2n) is 6.34. The Morgan fingerprint density at radius 1 is 1.08 bits per heavy atom. The van der Waals surface area contributed by atoms with Crippen LogP contribution in [0.3, 0.4) is 0 Å². The van der Waals surface area contributed by atoms with E-state index >= 15 is 0 Å². The van der Waals surface area contributed by atoms with Gasteiger partial charge in [0.25, 0.3) is 0 Å². The number of hydrogen-bond donors (Lipinski definition) is 0. The Morgan fingerprint density at radius 3 is 2.08 bits per heavy atom. The molecule has 25 heavy (non-hydrogen) atoms. The summed E-state index contributed by atoms with van der Waals surface area (Å²) in [4.78, 5) is 14.4. The fourth-order valence-electron chi connectivity index (χ4n) is 3.25. The molecule has 0 aliphatic carbocycles. The Labute approximate surface area is 156 Å². The molecule has 0 N–H and O–H groups in total. The molecule has 0 bridgehead atoms. The van der Waals surface area contributed by atoms with E-state index in [0.29, 0.717) is 19.8 Å². The highest BCUT2D eigenvalue weighted by molar-refractivity contribution is 6.29. The third kappa shape index (κ3) is 5.19. The van der Waals surface area contributed by atoms with Crippen LogP contribution >= 0.6 is 11.6 Å². The number of halogens is 1. The maximum atomic E-state index is 12.6. The molecule has 0 atom stereocenters. The lowest BCUT2D eigenvalue weighted by Crippen LogP contribution is -2.41. The molecule has 1 aromatic carbocycles. The van der Waals surface area contributed by atoms with Gasteiger partial charge in [0.2, 0.25) is 5.91 Å². The van der Waals surface area contributed by atoms with Gasteiger partial charge in [0.1, 0.15) is 5.88 Å². The molecule has 0 unspecified atom stereocenters. The zero-order chi connectivity index (χ0) is 18.2. The molecular weight excluding hydrogens is 338 g/mol. The highest BCUT2D eigenvalue weighted by Gasteiger charge is 2.26. The van der Waals surface area contributed by atoms with E-state index in [9.17, 15) is 4.79 Å². The number of ether oxygens (including phenoxy) is 2. The number of benzene rings is 1. The number of rotatable bonds is 7. The number of nitrogens with zero attached hydrogens (tertiary/aromatic N) is 1. The number of carbonyl (C=O) groups excluding carboxylic acids is 1. The van der Waals surface area contributed by atoms with Crippen molar-refractivity contribution < 1.29 is 14.3 Å². The molecule has 1 aliphatic rings. The van der Waals surface area contributed by atoms with Crippen molar-refractivity contribution >= 4 is 23.2 Å². The van der Waals surface area contributed by atoms with Crippen LogP contribution in [0.5, 0.6) is 0 Å². The highest BCUT2D eigenvalue weighted by atomic mass is 35.5. The molecule has 1 fully saturated rings. The fraction of sp³-hybridized carbons (Fsp3) is 0.650. The summed E-state index contributed by atoms with van der Waals surface area (Å²) in [6, 6.07) is 4.41. The van der Waals surface area contributed by atoms with Gasteiger partial charge in [-0.25, -0.2) is 0 Å². The van der Waals surface area contributed by atoms with E-state index in [2.05, 4.69) is 32.9 Å². The van der Waals surface area contributed by atoms with Crippen LogP contribution in [0.2, 0.25) is 0 Å². The van der Waals surface area contributed by atoms with Crippen LogP contribution in [0.1, 0.15) is 50.3 Å². The van der Waals surface area contributed by atoms with Crippen molar-refractivity contribution in [3.63, 3.8) is 0 Å². The van der Waals surface area contributed by atoms with Gasteiger partial charge in [-0.05, 0) is 48.8 Å². The average molecular weight is 368 g/mol. The first-order chi connectivity index (χ1) is 12.1. The predicted molar refractivity (Wildman–Crippen MR) is 103 cm³/mol. The summed E-state index contributed by atoms with van der Waals surface area (Å²) in [6.07, 6.45) is 4.31. The third-order valence-electron chi connectivity index (χ3n) is 4.66. The van der Waals surface area contributed by atoms with Crippen molar-refractivity contribution in [2.45, 2.75) is 59.2 Å². The van der Waals surface area contributed by atoms with Gasteiger partial charge < -0.3 is 14.4 Å². The quantitative estimate of drug-likeness (QED) is 0.681. The van der Waals surface area contributed by atoms with Gasteiger partial charge in [0, 0.05) is 13.2 Å². The molecule has 5 heteroatoms. The minimum Gasteiger partial charge on any atom is -0.351 e. The maximum Gasteiger partial charge on any atom is 0.242 e. The molecule has 1 aliphatic heterocycles. The highest BCUT2D eigenvalue weighted by Crippen LogP contribution is 2.30. The van der Waals surface area contributed by atoms with Crippen LogP contribution in [-0.2, 0) is 33.5 Å². The van der Waals surface area contributed by atoms with E-state index in [1.807, 2.05) is 0 Å². The summed E-state index contributed by atoms with van der Waals surface area (Å²) < 4.78 is 11.6.